The standard InChI is InChI=1S/C15H27N3O3/c1-17(2)15(8-5-9-15)10-18(3)14(21)16-12-7-4-6-11(12)13(19)20/h11-12H,4-10H2,1-3H3,(H,16,21)(H,19,20). The van der Waals surface area contributed by atoms with Crippen molar-refractivity contribution >= 4 is 12.0 Å². The Morgan fingerprint density at radius 3 is 2.33 bits per heavy atom. The lowest BCUT2D eigenvalue weighted by atomic mass is 9.75. The maximum atomic E-state index is 12.3. The number of carboxylic acid groups (broad SMARTS) is 1. The molecular formula is C15H27N3O3. The minimum atomic E-state index is -0.802. The summed E-state index contributed by atoms with van der Waals surface area (Å²) in [5.74, 6) is -1.24. The van der Waals surface area contributed by atoms with Gasteiger partial charge in [0.2, 0.25) is 0 Å². The Hall–Kier alpha value is -1.30. The Labute approximate surface area is 126 Å². The Morgan fingerprint density at radius 2 is 1.86 bits per heavy atom. The van der Waals surface area contributed by atoms with Gasteiger partial charge in [-0.15, -0.1) is 0 Å². The summed E-state index contributed by atoms with van der Waals surface area (Å²) in [5.41, 5.74) is 0.0912. The largest absolute Gasteiger partial charge is 0.481 e. The number of amides is 2. The van der Waals surface area contributed by atoms with Gasteiger partial charge in [0.05, 0.1) is 5.92 Å². The summed E-state index contributed by atoms with van der Waals surface area (Å²) in [6.07, 6.45) is 5.71. The van der Waals surface area contributed by atoms with E-state index < -0.39 is 11.9 Å². The van der Waals surface area contributed by atoms with Crippen molar-refractivity contribution in [3.63, 3.8) is 0 Å². The van der Waals surface area contributed by atoms with Gasteiger partial charge in [-0.1, -0.05) is 6.42 Å². The molecule has 21 heavy (non-hydrogen) atoms. The summed E-state index contributed by atoms with van der Waals surface area (Å²) >= 11 is 0. The average molecular weight is 297 g/mol. The Morgan fingerprint density at radius 1 is 1.19 bits per heavy atom. The van der Waals surface area contributed by atoms with Gasteiger partial charge in [-0.25, -0.2) is 4.79 Å². The molecule has 0 heterocycles. The van der Waals surface area contributed by atoms with Crippen LogP contribution in [0.25, 0.3) is 0 Å². The van der Waals surface area contributed by atoms with Gasteiger partial charge in [-0.2, -0.15) is 0 Å². The molecule has 0 aromatic rings. The van der Waals surface area contributed by atoms with Crippen LogP contribution in [0.1, 0.15) is 38.5 Å². The number of nitrogens with zero attached hydrogens (tertiary/aromatic N) is 2. The zero-order valence-corrected chi connectivity index (χ0v) is 13.3. The van der Waals surface area contributed by atoms with Crippen LogP contribution >= 0.6 is 0 Å². The van der Waals surface area contributed by atoms with Crippen LogP contribution in [0, 0.1) is 5.92 Å². The summed E-state index contributed by atoms with van der Waals surface area (Å²) < 4.78 is 0. The molecule has 0 saturated heterocycles. The Kier molecular flexibility index (Phi) is 4.76. The highest BCUT2D eigenvalue weighted by atomic mass is 16.4. The molecule has 2 unspecified atom stereocenters. The fourth-order valence-corrected chi connectivity index (χ4v) is 3.54. The van der Waals surface area contributed by atoms with Crippen molar-refractivity contribution in [1.82, 2.24) is 15.1 Å². The van der Waals surface area contributed by atoms with E-state index in [2.05, 4.69) is 24.3 Å². The molecule has 0 aliphatic heterocycles. The van der Waals surface area contributed by atoms with Crippen LogP contribution < -0.4 is 5.32 Å². The van der Waals surface area contributed by atoms with E-state index in [0.717, 1.165) is 25.7 Å². The molecule has 2 fully saturated rings. The van der Waals surface area contributed by atoms with Gasteiger partial charge in [-0.3, -0.25) is 4.79 Å². The van der Waals surface area contributed by atoms with Crippen LogP contribution in [0.4, 0.5) is 4.79 Å². The molecule has 120 valence electrons. The zero-order valence-electron chi connectivity index (χ0n) is 13.3. The summed E-state index contributed by atoms with van der Waals surface area (Å²) in [7, 11) is 5.91. The van der Waals surface area contributed by atoms with Gasteiger partial charge < -0.3 is 20.2 Å². The number of urea groups is 1. The van der Waals surface area contributed by atoms with E-state index in [4.69, 9.17) is 0 Å². The van der Waals surface area contributed by atoms with Crippen LogP contribution in [0.2, 0.25) is 0 Å². The lowest BCUT2D eigenvalue weighted by molar-refractivity contribution is -0.142. The molecule has 2 saturated carbocycles. The van der Waals surface area contributed by atoms with Crippen LogP contribution in [-0.4, -0.2) is 66.2 Å². The third kappa shape index (κ3) is 3.31. The first-order valence-electron chi connectivity index (χ1n) is 7.77. The van der Waals surface area contributed by atoms with Crippen LogP contribution in [-0.2, 0) is 4.79 Å². The molecule has 2 aliphatic rings. The van der Waals surface area contributed by atoms with Gasteiger partial charge >= 0.3 is 12.0 Å². The number of carbonyl (C=O) groups excluding carboxylic acids is 1. The highest BCUT2D eigenvalue weighted by Gasteiger charge is 2.41. The Bertz CT molecular complexity index is 407. The van der Waals surface area contributed by atoms with E-state index in [1.807, 2.05) is 0 Å². The molecule has 2 N–H and O–H groups in total. The van der Waals surface area contributed by atoms with Crippen molar-refractivity contribution in [3.05, 3.63) is 0 Å². The maximum Gasteiger partial charge on any atom is 0.317 e. The first-order chi connectivity index (χ1) is 9.85. The number of likely N-dealkylation sites (N-methyl/N-ethyl adjacent to an activating group) is 2. The van der Waals surface area contributed by atoms with Crippen LogP contribution in [0.3, 0.4) is 0 Å². The molecule has 2 amide bonds. The summed E-state index contributed by atoms with van der Waals surface area (Å²) in [6, 6.07) is -0.379. The summed E-state index contributed by atoms with van der Waals surface area (Å²) in [5, 5.41) is 12.1. The van der Waals surface area contributed by atoms with E-state index in [-0.39, 0.29) is 17.6 Å². The molecule has 0 aromatic heterocycles. The summed E-state index contributed by atoms with van der Waals surface area (Å²) in [4.78, 5) is 27.4. The minimum Gasteiger partial charge on any atom is -0.481 e. The first-order valence-corrected chi connectivity index (χ1v) is 7.77. The smallest absolute Gasteiger partial charge is 0.317 e. The van der Waals surface area contributed by atoms with Crippen molar-refractivity contribution in [2.75, 3.05) is 27.7 Å². The average Bonchev–Trinajstić information content (AvgIpc) is 2.81. The molecule has 0 spiro atoms. The second-order valence-electron chi connectivity index (χ2n) is 6.76. The van der Waals surface area contributed by atoms with Gasteiger partial charge in [-0.05, 0) is 46.2 Å². The maximum absolute atomic E-state index is 12.3. The molecule has 0 radical (unpaired) electrons. The van der Waals surface area contributed by atoms with E-state index >= 15 is 0 Å². The lowest BCUT2D eigenvalue weighted by Crippen LogP contribution is -2.59. The van der Waals surface area contributed by atoms with Crippen molar-refractivity contribution in [2.24, 2.45) is 5.92 Å². The van der Waals surface area contributed by atoms with Crippen LogP contribution in [0.15, 0.2) is 0 Å². The molecule has 6 nitrogen and oxygen atoms in total. The lowest BCUT2D eigenvalue weighted by Gasteiger charge is -2.49. The van der Waals surface area contributed by atoms with E-state index in [1.165, 1.54) is 6.42 Å². The zero-order chi connectivity index (χ0) is 15.6. The quantitative estimate of drug-likeness (QED) is 0.804. The van der Waals surface area contributed by atoms with E-state index in [1.54, 1.807) is 11.9 Å². The third-order valence-corrected chi connectivity index (χ3v) is 5.25. The molecular weight excluding hydrogens is 270 g/mol. The number of hydrogen-bond acceptors (Lipinski definition) is 3. The number of carboxylic acids is 1. The van der Waals surface area contributed by atoms with Crippen molar-refractivity contribution in [2.45, 2.75) is 50.1 Å². The highest BCUT2D eigenvalue weighted by Crippen LogP contribution is 2.36. The molecule has 6 heteroatoms. The van der Waals surface area contributed by atoms with Crippen molar-refractivity contribution < 1.29 is 14.7 Å². The Balaban J connectivity index is 1.89. The number of rotatable bonds is 5. The normalized spacial score (nSPS) is 27.2. The fraction of sp³-hybridized carbons (Fsp3) is 0.867. The number of nitrogens with one attached hydrogen (secondary N) is 1. The second-order valence-corrected chi connectivity index (χ2v) is 6.76. The van der Waals surface area contributed by atoms with Gasteiger partial charge in [0, 0.05) is 25.2 Å². The molecule has 2 rings (SSSR count). The number of hydrogen-bond donors (Lipinski definition) is 2. The fourth-order valence-electron chi connectivity index (χ4n) is 3.54. The van der Waals surface area contributed by atoms with Crippen molar-refractivity contribution in [1.29, 1.82) is 0 Å². The van der Waals surface area contributed by atoms with Gasteiger partial charge in [0.1, 0.15) is 0 Å². The SMILES string of the molecule is CN(CC1(N(C)C)CCC1)C(=O)NC1CCCC1C(=O)O. The predicted molar refractivity (Wildman–Crippen MR) is 80.2 cm³/mol. The number of aliphatic carboxylic acids is 1. The van der Waals surface area contributed by atoms with E-state index in [0.29, 0.717) is 13.0 Å². The molecule has 2 aliphatic carbocycles. The summed E-state index contributed by atoms with van der Waals surface area (Å²) in [6.45, 7) is 0.691. The molecule has 2 atom stereocenters. The second kappa shape index (κ2) is 6.22. The number of carbonyl (C=O) groups is 2. The van der Waals surface area contributed by atoms with E-state index in [9.17, 15) is 14.7 Å². The predicted octanol–water partition coefficient (Wildman–Crippen LogP) is 1.37. The molecule has 0 aromatic carbocycles. The van der Waals surface area contributed by atoms with Crippen LogP contribution in [0.5, 0.6) is 0 Å². The monoisotopic (exact) mass is 297 g/mol. The van der Waals surface area contributed by atoms with Gasteiger partial charge in [0.15, 0.2) is 0 Å². The first kappa shape index (κ1) is 16.1. The minimum absolute atomic E-state index is 0.0912. The third-order valence-electron chi connectivity index (χ3n) is 5.25. The molecule has 0 bridgehead atoms. The van der Waals surface area contributed by atoms with Crippen molar-refractivity contribution in [3.8, 4) is 0 Å². The topological polar surface area (TPSA) is 72.9 Å². The highest BCUT2D eigenvalue weighted by molar-refractivity contribution is 5.77. The van der Waals surface area contributed by atoms with Gasteiger partial charge in [0.25, 0.3) is 0 Å².